The van der Waals surface area contributed by atoms with E-state index in [9.17, 15) is 0 Å². The molecule has 2 rings (SSSR count). The molecule has 0 aromatic carbocycles. The fourth-order valence-corrected chi connectivity index (χ4v) is 3.35. The molecule has 17 heavy (non-hydrogen) atoms. The first-order chi connectivity index (χ1) is 8.04. The number of nitrogens with two attached hydrogens (primary N) is 1. The molecule has 3 unspecified atom stereocenters. The third-order valence-electron chi connectivity index (χ3n) is 4.22. The Morgan fingerprint density at radius 1 is 1.29 bits per heavy atom. The van der Waals surface area contributed by atoms with Gasteiger partial charge in [0.25, 0.3) is 0 Å². The van der Waals surface area contributed by atoms with Crippen molar-refractivity contribution in [3.05, 3.63) is 24.3 Å². The molecule has 94 valence electrons. The zero-order valence-corrected chi connectivity index (χ0v) is 11.1. The normalized spacial score (nSPS) is 33.9. The highest BCUT2D eigenvalue weighted by atomic mass is 14.9. The number of hydrogen-bond donors (Lipinski definition) is 1. The molecule has 0 amide bonds. The highest BCUT2D eigenvalue weighted by Gasteiger charge is 2.42. The summed E-state index contributed by atoms with van der Waals surface area (Å²) in [7, 11) is 0. The first kappa shape index (κ1) is 12.5. The maximum absolute atomic E-state index is 6.74. The molecule has 1 aromatic rings. The minimum absolute atomic E-state index is 0.243. The van der Waals surface area contributed by atoms with E-state index in [2.05, 4.69) is 30.7 Å². The van der Waals surface area contributed by atoms with E-state index in [1.54, 1.807) is 6.33 Å². The molecule has 1 aliphatic carbocycles. The van der Waals surface area contributed by atoms with Crippen LogP contribution < -0.4 is 5.73 Å². The molecule has 1 aromatic heterocycles. The van der Waals surface area contributed by atoms with Gasteiger partial charge in [-0.2, -0.15) is 0 Å². The van der Waals surface area contributed by atoms with Crippen LogP contribution in [0, 0.1) is 17.8 Å². The van der Waals surface area contributed by atoms with Crippen LogP contribution in [0.3, 0.4) is 0 Å². The Bertz CT molecular complexity index is 363. The summed E-state index contributed by atoms with van der Waals surface area (Å²) in [4.78, 5) is 8.27. The van der Waals surface area contributed by atoms with E-state index >= 15 is 0 Å². The molecule has 0 spiro atoms. The lowest BCUT2D eigenvalue weighted by atomic mass is 9.63. The summed E-state index contributed by atoms with van der Waals surface area (Å²) in [6.07, 6.45) is 8.90. The maximum atomic E-state index is 6.74. The number of rotatable bonds is 2. The zero-order chi connectivity index (χ0) is 12.5. The van der Waals surface area contributed by atoms with Crippen LogP contribution in [0.25, 0.3) is 0 Å². The summed E-state index contributed by atoms with van der Waals surface area (Å²) in [5.41, 5.74) is 7.60. The van der Waals surface area contributed by atoms with Crippen molar-refractivity contribution in [2.75, 3.05) is 0 Å². The van der Waals surface area contributed by atoms with E-state index in [4.69, 9.17) is 5.73 Å². The Morgan fingerprint density at radius 2 is 1.94 bits per heavy atom. The second kappa shape index (κ2) is 4.73. The van der Waals surface area contributed by atoms with Crippen molar-refractivity contribution in [2.24, 2.45) is 23.5 Å². The summed E-state index contributed by atoms with van der Waals surface area (Å²) in [6, 6.07) is 0. The van der Waals surface area contributed by atoms with Crippen molar-refractivity contribution in [3.8, 4) is 0 Å². The van der Waals surface area contributed by atoms with Gasteiger partial charge in [0.1, 0.15) is 6.33 Å². The Labute approximate surface area is 104 Å². The Balaban J connectivity index is 2.36. The fourth-order valence-electron chi connectivity index (χ4n) is 3.35. The first-order valence-corrected chi connectivity index (χ1v) is 6.58. The van der Waals surface area contributed by atoms with Crippen LogP contribution in [0.2, 0.25) is 0 Å². The van der Waals surface area contributed by atoms with Crippen LogP contribution in [0.1, 0.15) is 45.6 Å². The lowest BCUT2D eigenvalue weighted by Crippen LogP contribution is -2.50. The minimum atomic E-state index is -0.243. The van der Waals surface area contributed by atoms with Crippen molar-refractivity contribution >= 4 is 0 Å². The van der Waals surface area contributed by atoms with Crippen LogP contribution >= 0.6 is 0 Å². The standard InChI is InChI=1S/C14H23N3/c1-10(2)13-5-4-11(3)6-14(13,15)12-7-16-9-17-8-12/h7-11,13H,4-6,15H2,1-3H3. The molecule has 3 heteroatoms. The average Bonchev–Trinajstić information content (AvgIpc) is 2.29. The van der Waals surface area contributed by atoms with E-state index in [0.717, 1.165) is 12.0 Å². The van der Waals surface area contributed by atoms with Crippen LogP contribution in [-0.2, 0) is 5.54 Å². The van der Waals surface area contributed by atoms with E-state index in [1.165, 1.54) is 12.8 Å². The average molecular weight is 233 g/mol. The molecule has 1 fully saturated rings. The summed E-state index contributed by atoms with van der Waals surface area (Å²) in [5.74, 6) is 1.83. The summed E-state index contributed by atoms with van der Waals surface area (Å²) in [5, 5.41) is 0. The Hall–Kier alpha value is -0.960. The van der Waals surface area contributed by atoms with Gasteiger partial charge in [-0.3, -0.25) is 0 Å². The van der Waals surface area contributed by atoms with E-state index in [1.807, 2.05) is 12.4 Å². The molecule has 1 aliphatic rings. The third-order valence-corrected chi connectivity index (χ3v) is 4.22. The molecule has 3 nitrogen and oxygen atoms in total. The summed E-state index contributed by atoms with van der Waals surface area (Å²) >= 11 is 0. The smallest absolute Gasteiger partial charge is 0.115 e. The summed E-state index contributed by atoms with van der Waals surface area (Å²) in [6.45, 7) is 6.83. The molecule has 0 aliphatic heterocycles. The van der Waals surface area contributed by atoms with Crippen LogP contribution in [0.15, 0.2) is 18.7 Å². The molecule has 0 bridgehead atoms. The minimum Gasteiger partial charge on any atom is -0.321 e. The topological polar surface area (TPSA) is 51.8 Å². The summed E-state index contributed by atoms with van der Waals surface area (Å²) < 4.78 is 0. The van der Waals surface area contributed by atoms with E-state index in [0.29, 0.717) is 17.8 Å². The fraction of sp³-hybridized carbons (Fsp3) is 0.714. The first-order valence-electron chi connectivity index (χ1n) is 6.58. The maximum Gasteiger partial charge on any atom is 0.115 e. The quantitative estimate of drug-likeness (QED) is 0.854. The van der Waals surface area contributed by atoms with Gasteiger partial charge in [0.2, 0.25) is 0 Å². The third kappa shape index (κ3) is 2.34. The molecule has 3 atom stereocenters. The molecule has 2 N–H and O–H groups in total. The van der Waals surface area contributed by atoms with Gasteiger partial charge in [0.15, 0.2) is 0 Å². The number of nitrogens with zero attached hydrogens (tertiary/aromatic N) is 2. The van der Waals surface area contributed by atoms with Crippen LogP contribution in [0.5, 0.6) is 0 Å². The Morgan fingerprint density at radius 3 is 2.53 bits per heavy atom. The van der Waals surface area contributed by atoms with Gasteiger partial charge in [0, 0.05) is 23.5 Å². The lowest BCUT2D eigenvalue weighted by Gasteiger charge is -2.46. The van der Waals surface area contributed by atoms with Crippen molar-refractivity contribution < 1.29 is 0 Å². The number of aromatic nitrogens is 2. The second-order valence-electron chi connectivity index (χ2n) is 5.90. The molecule has 1 saturated carbocycles. The predicted molar refractivity (Wildman–Crippen MR) is 69.2 cm³/mol. The monoisotopic (exact) mass is 233 g/mol. The zero-order valence-electron chi connectivity index (χ0n) is 11.1. The van der Waals surface area contributed by atoms with Crippen LogP contribution in [-0.4, -0.2) is 9.97 Å². The molecule has 0 radical (unpaired) electrons. The SMILES string of the molecule is CC1CCC(C(C)C)C(N)(c2cncnc2)C1. The van der Waals surface area contributed by atoms with Crippen molar-refractivity contribution in [2.45, 2.75) is 45.6 Å². The molecular weight excluding hydrogens is 210 g/mol. The van der Waals surface area contributed by atoms with Crippen molar-refractivity contribution in [1.82, 2.24) is 9.97 Å². The van der Waals surface area contributed by atoms with Gasteiger partial charge in [-0.05, 0) is 30.6 Å². The molecule has 1 heterocycles. The van der Waals surface area contributed by atoms with Gasteiger partial charge in [-0.15, -0.1) is 0 Å². The highest BCUT2D eigenvalue weighted by molar-refractivity contribution is 5.20. The number of hydrogen-bond acceptors (Lipinski definition) is 3. The Kier molecular flexibility index (Phi) is 3.48. The largest absolute Gasteiger partial charge is 0.321 e. The highest BCUT2D eigenvalue weighted by Crippen LogP contribution is 2.44. The van der Waals surface area contributed by atoms with Gasteiger partial charge in [-0.1, -0.05) is 27.2 Å². The second-order valence-corrected chi connectivity index (χ2v) is 5.90. The van der Waals surface area contributed by atoms with Crippen molar-refractivity contribution in [3.63, 3.8) is 0 Å². The van der Waals surface area contributed by atoms with Crippen molar-refractivity contribution in [1.29, 1.82) is 0 Å². The molecule has 0 saturated heterocycles. The van der Waals surface area contributed by atoms with Gasteiger partial charge in [-0.25, -0.2) is 9.97 Å². The van der Waals surface area contributed by atoms with E-state index in [-0.39, 0.29) is 5.54 Å². The van der Waals surface area contributed by atoms with Gasteiger partial charge >= 0.3 is 0 Å². The molecular formula is C14H23N3. The predicted octanol–water partition coefficient (Wildman–Crippen LogP) is 2.72. The van der Waals surface area contributed by atoms with E-state index < -0.39 is 0 Å². The lowest BCUT2D eigenvalue weighted by molar-refractivity contribution is 0.108. The van der Waals surface area contributed by atoms with Gasteiger partial charge < -0.3 is 5.73 Å². The van der Waals surface area contributed by atoms with Crippen LogP contribution in [0.4, 0.5) is 0 Å². The van der Waals surface area contributed by atoms with Gasteiger partial charge in [0.05, 0.1) is 0 Å².